The topological polar surface area (TPSA) is 112 Å². The predicted molar refractivity (Wildman–Crippen MR) is 133 cm³/mol. The maximum atomic E-state index is 12.6. The molecule has 0 saturated heterocycles. The zero-order chi connectivity index (χ0) is 24.6. The first kappa shape index (κ1) is 24.2. The van der Waals surface area contributed by atoms with E-state index in [2.05, 4.69) is 19.7 Å². The maximum absolute atomic E-state index is 12.6. The molecule has 0 aliphatic carbocycles. The van der Waals surface area contributed by atoms with Gasteiger partial charge in [-0.25, -0.2) is 28.1 Å². The van der Waals surface area contributed by atoms with E-state index in [0.717, 1.165) is 35.3 Å². The van der Waals surface area contributed by atoms with Gasteiger partial charge in [0.05, 0.1) is 22.8 Å². The van der Waals surface area contributed by atoms with Gasteiger partial charge in [0.15, 0.2) is 5.65 Å². The Morgan fingerprint density at radius 3 is 2.56 bits per heavy atom. The third-order valence-electron chi connectivity index (χ3n) is 5.90. The van der Waals surface area contributed by atoms with Crippen molar-refractivity contribution in [1.29, 1.82) is 0 Å². The summed E-state index contributed by atoms with van der Waals surface area (Å²) in [7, 11) is -1.79. The Morgan fingerprint density at radius 2 is 1.82 bits per heavy atom. The fourth-order valence-electron chi connectivity index (χ4n) is 3.89. The number of halogens is 1. The van der Waals surface area contributed by atoms with Crippen LogP contribution in [0.5, 0.6) is 0 Å². The molecule has 0 fully saturated rings. The number of sulfonamides is 1. The summed E-state index contributed by atoms with van der Waals surface area (Å²) >= 11 is 6.69. The average Bonchev–Trinajstić information content (AvgIpc) is 3.25. The molecule has 0 spiro atoms. The summed E-state index contributed by atoms with van der Waals surface area (Å²) in [4.78, 5) is 26.2. The molecule has 1 amide bonds. The van der Waals surface area contributed by atoms with Gasteiger partial charge in [-0.15, -0.1) is 0 Å². The molecule has 0 radical (unpaired) electrons. The van der Waals surface area contributed by atoms with Crippen LogP contribution >= 0.6 is 11.6 Å². The summed E-state index contributed by atoms with van der Waals surface area (Å²) in [5.41, 5.74) is 3.59. The number of hydrogen-bond acceptors (Lipinski definition) is 6. The van der Waals surface area contributed by atoms with Crippen LogP contribution in [0.15, 0.2) is 24.3 Å². The molecule has 3 aromatic heterocycles. The molecule has 0 bridgehead atoms. The maximum Gasteiger partial charge on any atom is 0.283 e. The smallest absolute Gasteiger partial charge is 0.283 e. The van der Waals surface area contributed by atoms with Crippen molar-refractivity contribution in [2.45, 2.75) is 46.6 Å². The van der Waals surface area contributed by atoms with Crippen LogP contribution in [0.4, 0.5) is 0 Å². The normalized spacial score (nSPS) is 12.0. The summed E-state index contributed by atoms with van der Waals surface area (Å²) in [6.07, 6.45) is 2.17. The number of carbonyl (C=O) groups excluding carboxylic acids is 1. The molecule has 3 heterocycles. The molecule has 1 N–H and O–H groups in total. The van der Waals surface area contributed by atoms with E-state index in [-0.39, 0.29) is 11.4 Å². The fraction of sp³-hybridized carbons (Fsp3) is 0.391. The first-order valence-electron chi connectivity index (χ1n) is 11.1. The van der Waals surface area contributed by atoms with E-state index in [0.29, 0.717) is 35.0 Å². The van der Waals surface area contributed by atoms with Crippen molar-refractivity contribution in [3.05, 3.63) is 52.2 Å². The highest BCUT2D eigenvalue weighted by molar-refractivity contribution is 7.90. The predicted octanol–water partition coefficient (Wildman–Crippen LogP) is 3.89. The number of aryl methyl sites for hydroxylation is 3. The van der Waals surface area contributed by atoms with E-state index in [9.17, 15) is 13.2 Å². The van der Waals surface area contributed by atoms with Gasteiger partial charge in [0, 0.05) is 7.05 Å². The van der Waals surface area contributed by atoms with Gasteiger partial charge in [-0.3, -0.25) is 4.79 Å². The Bertz CT molecular complexity index is 1510. The van der Waals surface area contributed by atoms with Gasteiger partial charge >= 0.3 is 0 Å². The van der Waals surface area contributed by atoms with Crippen LogP contribution in [0, 0.1) is 13.8 Å². The number of benzene rings is 1. The second-order valence-corrected chi connectivity index (χ2v) is 10.6. The molecule has 0 aliphatic rings. The van der Waals surface area contributed by atoms with Gasteiger partial charge in [0.2, 0.25) is 10.0 Å². The lowest BCUT2D eigenvalue weighted by Crippen LogP contribution is -2.33. The zero-order valence-corrected chi connectivity index (χ0v) is 21.2. The first-order valence-corrected chi connectivity index (χ1v) is 13.1. The fourth-order valence-corrected chi connectivity index (χ4v) is 5.23. The van der Waals surface area contributed by atoms with Crippen molar-refractivity contribution < 1.29 is 13.2 Å². The highest BCUT2D eigenvalue weighted by atomic mass is 35.5. The van der Waals surface area contributed by atoms with Crippen molar-refractivity contribution in [3.8, 4) is 0 Å². The average molecular weight is 503 g/mol. The SMILES string of the molecule is CCCCCS(=O)(=O)NC(=O)c1ccc2nc(C)n(Cc3ccc4c(nc(C)n4C)c3Cl)c2n1. The van der Waals surface area contributed by atoms with Crippen LogP contribution in [-0.2, 0) is 23.6 Å². The molecule has 180 valence electrons. The Hall–Kier alpha value is -2.98. The molecule has 4 aromatic rings. The van der Waals surface area contributed by atoms with Crippen molar-refractivity contribution >= 4 is 49.7 Å². The van der Waals surface area contributed by atoms with Gasteiger partial charge in [0.1, 0.15) is 28.4 Å². The summed E-state index contributed by atoms with van der Waals surface area (Å²) in [6.45, 7) is 6.12. The van der Waals surface area contributed by atoms with Gasteiger partial charge < -0.3 is 9.13 Å². The second-order valence-electron chi connectivity index (χ2n) is 8.37. The highest BCUT2D eigenvalue weighted by Crippen LogP contribution is 2.29. The number of nitrogens with one attached hydrogen (secondary N) is 1. The third-order valence-corrected chi connectivity index (χ3v) is 7.65. The Balaban J connectivity index is 1.65. The second kappa shape index (κ2) is 9.34. The first-order chi connectivity index (χ1) is 16.1. The quantitative estimate of drug-likeness (QED) is 0.366. The van der Waals surface area contributed by atoms with Gasteiger partial charge in [-0.1, -0.05) is 37.4 Å². The molecular weight excluding hydrogens is 476 g/mol. The van der Waals surface area contributed by atoms with Crippen LogP contribution in [0.3, 0.4) is 0 Å². The van der Waals surface area contributed by atoms with Crippen molar-refractivity contribution in [2.24, 2.45) is 7.05 Å². The minimum absolute atomic E-state index is 0.00890. The van der Waals surface area contributed by atoms with E-state index < -0.39 is 15.9 Å². The largest absolute Gasteiger partial charge is 0.331 e. The molecule has 0 aliphatic heterocycles. The number of aromatic nitrogens is 5. The number of imidazole rings is 2. The molecule has 9 nitrogen and oxygen atoms in total. The molecule has 0 unspecified atom stereocenters. The number of rotatable bonds is 8. The number of pyridine rings is 1. The van der Waals surface area contributed by atoms with Crippen LogP contribution < -0.4 is 4.72 Å². The molecule has 34 heavy (non-hydrogen) atoms. The van der Waals surface area contributed by atoms with E-state index in [1.807, 2.05) is 49.1 Å². The minimum atomic E-state index is -3.72. The molecule has 4 rings (SSSR count). The van der Waals surface area contributed by atoms with E-state index in [1.165, 1.54) is 6.07 Å². The zero-order valence-electron chi connectivity index (χ0n) is 19.6. The third kappa shape index (κ3) is 4.65. The number of carbonyl (C=O) groups is 1. The van der Waals surface area contributed by atoms with Gasteiger partial charge in [-0.05, 0) is 44.0 Å². The Labute approximate surface area is 203 Å². The molecule has 0 saturated carbocycles. The number of amides is 1. The molecular formula is C23H27ClN6O3S. The van der Waals surface area contributed by atoms with Crippen LogP contribution in [0.1, 0.15) is 53.9 Å². The lowest BCUT2D eigenvalue weighted by Gasteiger charge is -2.10. The monoisotopic (exact) mass is 502 g/mol. The Kier molecular flexibility index (Phi) is 6.64. The number of unbranched alkanes of at least 4 members (excludes halogenated alkanes) is 2. The van der Waals surface area contributed by atoms with Gasteiger partial charge in [-0.2, -0.15) is 0 Å². The van der Waals surface area contributed by atoms with Crippen molar-refractivity contribution in [3.63, 3.8) is 0 Å². The van der Waals surface area contributed by atoms with Crippen molar-refractivity contribution in [2.75, 3.05) is 5.75 Å². The summed E-state index contributed by atoms with van der Waals surface area (Å²) in [6, 6.07) is 7.06. The number of hydrogen-bond donors (Lipinski definition) is 1. The summed E-state index contributed by atoms with van der Waals surface area (Å²) < 4.78 is 30.4. The van der Waals surface area contributed by atoms with E-state index in [1.54, 1.807) is 6.07 Å². The summed E-state index contributed by atoms with van der Waals surface area (Å²) in [5.74, 6) is 0.702. The molecule has 11 heteroatoms. The molecule has 0 atom stereocenters. The number of nitrogens with zero attached hydrogens (tertiary/aromatic N) is 5. The summed E-state index contributed by atoms with van der Waals surface area (Å²) in [5, 5.41) is 0.550. The lowest BCUT2D eigenvalue weighted by atomic mass is 10.2. The lowest BCUT2D eigenvalue weighted by molar-refractivity contribution is 0.0977. The Morgan fingerprint density at radius 1 is 1.06 bits per heavy atom. The van der Waals surface area contributed by atoms with E-state index in [4.69, 9.17) is 11.6 Å². The van der Waals surface area contributed by atoms with Crippen LogP contribution in [-0.4, -0.2) is 44.2 Å². The van der Waals surface area contributed by atoms with Crippen molar-refractivity contribution in [1.82, 2.24) is 28.8 Å². The van der Waals surface area contributed by atoms with Crippen LogP contribution in [0.2, 0.25) is 5.02 Å². The molecule has 1 aromatic carbocycles. The highest BCUT2D eigenvalue weighted by Gasteiger charge is 2.20. The minimum Gasteiger partial charge on any atom is -0.331 e. The van der Waals surface area contributed by atoms with Gasteiger partial charge in [0.25, 0.3) is 5.91 Å². The van der Waals surface area contributed by atoms with E-state index >= 15 is 0 Å². The van der Waals surface area contributed by atoms with Crippen LogP contribution in [0.25, 0.3) is 22.2 Å². The number of fused-ring (bicyclic) bond motifs is 2. The standard InChI is InChI=1S/C23H27ClN6O3S/c1-5-6-7-12-34(32,33)28-23(31)18-10-9-17-22(27-18)30(15(3)25-17)13-16-8-11-19-21(20(16)24)26-14(2)29(19)4/h8-11H,5-7,12-13H2,1-4H3,(H,28,31).